The highest BCUT2D eigenvalue weighted by molar-refractivity contribution is 6.32. The van der Waals surface area contributed by atoms with Crippen molar-refractivity contribution in [2.45, 2.75) is 0 Å². The van der Waals surface area contributed by atoms with Gasteiger partial charge in [0, 0.05) is 17.4 Å². The summed E-state index contributed by atoms with van der Waals surface area (Å²) in [5.74, 6) is 0.659. The van der Waals surface area contributed by atoms with E-state index in [1.807, 2.05) is 18.2 Å². The Morgan fingerprint density at radius 2 is 1.89 bits per heavy atom. The van der Waals surface area contributed by atoms with Gasteiger partial charge in [-0.15, -0.1) is 0 Å². The fourth-order valence-corrected chi connectivity index (χ4v) is 2.68. The van der Waals surface area contributed by atoms with Crippen LogP contribution in [0.2, 0.25) is 5.02 Å². The molecular weight excluding hydrogens is 366 g/mol. The molecule has 0 fully saturated rings. The molecule has 27 heavy (non-hydrogen) atoms. The Bertz CT molecular complexity index is 1060. The van der Waals surface area contributed by atoms with Crippen molar-refractivity contribution in [2.24, 2.45) is 0 Å². The summed E-state index contributed by atoms with van der Waals surface area (Å²) in [5.41, 5.74) is 2.61. The van der Waals surface area contributed by atoms with E-state index >= 15 is 0 Å². The van der Waals surface area contributed by atoms with Gasteiger partial charge >= 0.3 is 0 Å². The molecule has 1 N–H and O–H groups in total. The molecular formula is C20H14ClN3O3. The monoisotopic (exact) mass is 379 g/mol. The number of aromatic nitrogens is 2. The number of fused-ring (bicyclic) bond motifs is 1. The van der Waals surface area contributed by atoms with Crippen LogP contribution in [0.1, 0.15) is 0 Å². The number of anilines is 1. The lowest BCUT2D eigenvalue weighted by atomic mass is 10.2. The summed E-state index contributed by atoms with van der Waals surface area (Å²) >= 11 is 6.00. The van der Waals surface area contributed by atoms with Gasteiger partial charge in [0.2, 0.25) is 5.89 Å². The minimum Gasteiger partial charge on any atom is -0.482 e. The SMILES string of the molecule is O=C(COc1ccccc1Cl)Nc1ccc(-c2nc3ncccc3o2)cc1. The van der Waals surface area contributed by atoms with E-state index < -0.39 is 0 Å². The lowest BCUT2D eigenvalue weighted by Crippen LogP contribution is -2.20. The molecule has 0 aliphatic rings. The van der Waals surface area contributed by atoms with Crippen molar-refractivity contribution in [1.29, 1.82) is 0 Å². The van der Waals surface area contributed by atoms with Gasteiger partial charge in [-0.2, -0.15) is 4.98 Å². The molecule has 7 heteroatoms. The Hall–Kier alpha value is -3.38. The number of para-hydroxylation sites is 1. The Balaban J connectivity index is 1.40. The third-order valence-corrected chi connectivity index (χ3v) is 4.09. The average molecular weight is 380 g/mol. The largest absolute Gasteiger partial charge is 0.482 e. The molecule has 0 atom stereocenters. The van der Waals surface area contributed by atoms with Gasteiger partial charge in [-0.1, -0.05) is 23.7 Å². The van der Waals surface area contributed by atoms with Crippen LogP contribution in [-0.4, -0.2) is 22.5 Å². The topological polar surface area (TPSA) is 77.2 Å². The second-order valence-corrected chi connectivity index (χ2v) is 6.10. The van der Waals surface area contributed by atoms with Crippen molar-refractivity contribution < 1.29 is 13.9 Å². The first-order valence-corrected chi connectivity index (χ1v) is 8.56. The first kappa shape index (κ1) is 17.1. The van der Waals surface area contributed by atoms with Crippen molar-refractivity contribution in [3.05, 3.63) is 71.9 Å². The second kappa shape index (κ2) is 7.47. The molecule has 4 rings (SSSR count). The summed E-state index contributed by atoms with van der Waals surface area (Å²) in [6, 6.07) is 17.8. The molecule has 0 aliphatic carbocycles. The van der Waals surface area contributed by atoms with Gasteiger partial charge in [-0.25, -0.2) is 4.98 Å². The molecule has 0 spiro atoms. The molecule has 0 radical (unpaired) electrons. The van der Waals surface area contributed by atoms with Gasteiger partial charge in [0.1, 0.15) is 5.75 Å². The standard InChI is InChI=1S/C20H14ClN3O3/c21-15-4-1-2-5-16(15)26-12-18(25)23-14-9-7-13(8-10-14)20-24-19-17(27-20)6-3-11-22-19/h1-11H,12H2,(H,23,25). The van der Waals surface area contributed by atoms with Crippen molar-refractivity contribution in [2.75, 3.05) is 11.9 Å². The first-order valence-electron chi connectivity index (χ1n) is 8.18. The number of oxazole rings is 1. The third-order valence-electron chi connectivity index (χ3n) is 3.78. The van der Waals surface area contributed by atoms with Gasteiger partial charge in [-0.3, -0.25) is 4.79 Å². The number of amides is 1. The average Bonchev–Trinajstić information content (AvgIpc) is 3.12. The Morgan fingerprint density at radius 3 is 2.67 bits per heavy atom. The van der Waals surface area contributed by atoms with Crippen LogP contribution < -0.4 is 10.1 Å². The van der Waals surface area contributed by atoms with Crippen molar-refractivity contribution >= 4 is 34.4 Å². The van der Waals surface area contributed by atoms with Crippen LogP contribution in [0.15, 0.2) is 71.3 Å². The number of halogens is 1. The lowest BCUT2D eigenvalue weighted by Gasteiger charge is -2.08. The van der Waals surface area contributed by atoms with Crippen molar-refractivity contribution in [1.82, 2.24) is 9.97 Å². The van der Waals surface area contributed by atoms with Crippen LogP contribution in [-0.2, 0) is 4.79 Å². The normalized spacial score (nSPS) is 10.7. The number of carbonyl (C=O) groups is 1. The number of hydrogen-bond donors (Lipinski definition) is 1. The number of nitrogens with zero attached hydrogens (tertiary/aromatic N) is 2. The highest BCUT2D eigenvalue weighted by Crippen LogP contribution is 2.25. The smallest absolute Gasteiger partial charge is 0.262 e. The van der Waals surface area contributed by atoms with Gasteiger partial charge in [-0.05, 0) is 48.5 Å². The number of ether oxygens (including phenoxy) is 1. The predicted molar refractivity (Wildman–Crippen MR) is 103 cm³/mol. The van der Waals surface area contributed by atoms with E-state index in [1.165, 1.54) is 0 Å². The molecule has 4 aromatic rings. The van der Waals surface area contributed by atoms with E-state index in [0.29, 0.717) is 33.6 Å². The maximum Gasteiger partial charge on any atom is 0.262 e. The summed E-state index contributed by atoms with van der Waals surface area (Å²) in [7, 11) is 0. The molecule has 2 heterocycles. The van der Waals surface area contributed by atoms with Crippen LogP contribution in [0.5, 0.6) is 5.75 Å². The Morgan fingerprint density at radius 1 is 1.07 bits per heavy atom. The third kappa shape index (κ3) is 3.91. The summed E-state index contributed by atoms with van der Waals surface area (Å²) < 4.78 is 11.1. The zero-order valence-electron chi connectivity index (χ0n) is 14.1. The van der Waals surface area contributed by atoms with Crippen LogP contribution >= 0.6 is 11.6 Å². The minimum absolute atomic E-state index is 0.137. The van der Waals surface area contributed by atoms with Gasteiger partial charge < -0.3 is 14.5 Å². The number of nitrogens with one attached hydrogen (secondary N) is 1. The number of pyridine rings is 1. The maximum absolute atomic E-state index is 12.1. The van der Waals surface area contributed by atoms with Gasteiger partial charge in [0.25, 0.3) is 5.91 Å². The Kier molecular flexibility index (Phi) is 4.72. The maximum atomic E-state index is 12.1. The number of hydrogen-bond acceptors (Lipinski definition) is 5. The van der Waals surface area contributed by atoms with Crippen LogP contribution in [0.25, 0.3) is 22.7 Å². The number of benzene rings is 2. The molecule has 0 aliphatic heterocycles. The molecule has 134 valence electrons. The minimum atomic E-state index is -0.284. The van der Waals surface area contributed by atoms with Crippen molar-refractivity contribution in [3.63, 3.8) is 0 Å². The molecule has 2 aromatic heterocycles. The fraction of sp³-hybridized carbons (Fsp3) is 0.0500. The summed E-state index contributed by atoms with van der Waals surface area (Å²) in [5, 5.41) is 3.23. The van der Waals surface area contributed by atoms with Gasteiger partial charge in [0.15, 0.2) is 17.8 Å². The van der Waals surface area contributed by atoms with E-state index in [4.69, 9.17) is 20.8 Å². The van der Waals surface area contributed by atoms with Crippen molar-refractivity contribution in [3.8, 4) is 17.2 Å². The predicted octanol–water partition coefficient (Wildman–Crippen LogP) is 4.56. The van der Waals surface area contributed by atoms with Crippen LogP contribution in [0, 0.1) is 0 Å². The summed E-state index contributed by atoms with van der Waals surface area (Å²) in [6.07, 6.45) is 1.66. The zero-order valence-corrected chi connectivity index (χ0v) is 14.8. The van der Waals surface area contributed by atoms with Gasteiger partial charge in [0.05, 0.1) is 5.02 Å². The van der Waals surface area contributed by atoms with Crippen LogP contribution in [0.4, 0.5) is 5.69 Å². The molecule has 2 aromatic carbocycles. The molecule has 1 amide bonds. The summed E-state index contributed by atoms with van der Waals surface area (Å²) in [4.78, 5) is 20.5. The highest BCUT2D eigenvalue weighted by Gasteiger charge is 2.10. The fourth-order valence-electron chi connectivity index (χ4n) is 2.49. The molecule has 6 nitrogen and oxygen atoms in total. The van der Waals surface area contributed by atoms with E-state index in [-0.39, 0.29) is 12.5 Å². The quantitative estimate of drug-likeness (QED) is 0.550. The van der Waals surface area contributed by atoms with E-state index in [0.717, 1.165) is 5.56 Å². The number of rotatable bonds is 5. The van der Waals surface area contributed by atoms with Crippen LogP contribution in [0.3, 0.4) is 0 Å². The Labute approximate surface area is 159 Å². The van der Waals surface area contributed by atoms with E-state index in [2.05, 4.69) is 15.3 Å². The van der Waals surface area contributed by atoms with E-state index in [1.54, 1.807) is 48.7 Å². The highest BCUT2D eigenvalue weighted by atomic mass is 35.5. The lowest BCUT2D eigenvalue weighted by molar-refractivity contribution is -0.118. The number of carbonyl (C=O) groups excluding carboxylic acids is 1. The summed E-state index contributed by atoms with van der Waals surface area (Å²) in [6.45, 7) is -0.137. The molecule has 0 saturated carbocycles. The zero-order chi connectivity index (χ0) is 18.6. The second-order valence-electron chi connectivity index (χ2n) is 5.69. The van der Waals surface area contributed by atoms with E-state index in [9.17, 15) is 4.79 Å². The molecule has 0 bridgehead atoms. The first-order chi connectivity index (χ1) is 13.2. The molecule has 0 saturated heterocycles. The molecule has 0 unspecified atom stereocenters.